The maximum atomic E-state index is 13.7. The van der Waals surface area contributed by atoms with Gasteiger partial charge in [0, 0.05) is 47.1 Å². The Balaban J connectivity index is 0.829. The maximum absolute atomic E-state index is 13.7. The van der Waals surface area contributed by atoms with Gasteiger partial charge in [-0.3, -0.25) is 9.59 Å². The van der Waals surface area contributed by atoms with Gasteiger partial charge < -0.3 is 39.8 Å². The number of carbonyl (C=O) groups excluding carboxylic acids is 3. The second kappa shape index (κ2) is 15.9. The van der Waals surface area contributed by atoms with Crippen LogP contribution in [-0.2, 0) is 34.7 Å². The summed E-state index contributed by atoms with van der Waals surface area (Å²) in [5.41, 5.74) is 9.58. The number of ether oxygens (including phenoxy) is 3. The van der Waals surface area contributed by atoms with Gasteiger partial charge in [-0.1, -0.05) is 26.0 Å². The van der Waals surface area contributed by atoms with Gasteiger partial charge in [0.15, 0.2) is 5.60 Å². The SMILES string of the molecule is CCNC(=O)c1cc2c(-c3cccc(OCCC4CCN(C(=O)Oc5ccc6nc7c(c(CC)c6c5)Cn5c-7cc6c(c5=O)COC(=O)[C@@]6(O)CC)CC4)c3)nc(N)nc2s1. The van der Waals surface area contributed by atoms with Crippen LogP contribution in [-0.4, -0.2) is 73.7 Å². The Morgan fingerprint density at radius 1 is 0.984 bits per heavy atom. The van der Waals surface area contributed by atoms with Gasteiger partial charge in [-0.15, -0.1) is 11.3 Å². The number of amides is 2. The van der Waals surface area contributed by atoms with Gasteiger partial charge >= 0.3 is 12.1 Å². The van der Waals surface area contributed by atoms with E-state index in [0.29, 0.717) is 82.4 Å². The number of aryl methyl sites for hydroxylation is 1. The van der Waals surface area contributed by atoms with Gasteiger partial charge in [-0.2, -0.15) is 0 Å². The normalized spacial score (nSPS) is 17.2. The first-order chi connectivity index (χ1) is 29.5. The molecule has 0 saturated carbocycles. The molecule has 1 saturated heterocycles. The number of aliphatic hydroxyl groups is 1. The largest absolute Gasteiger partial charge is 0.494 e. The first-order valence-corrected chi connectivity index (χ1v) is 21.5. The van der Waals surface area contributed by atoms with Crippen molar-refractivity contribution in [3.05, 3.63) is 92.1 Å². The highest BCUT2D eigenvalue weighted by molar-refractivity contribution is 7.20. The van der Waals surface area contributed by atoms with Crippen LogP contribution in [0, 0.1) is 5.92 Å². The van der Waals surface area contributed by atoms with Crippen LogP contribution in [0.5, 0.6) is 11.5 Å². The maximum Gasteiger partial charge on any atom is 0.415 e. The third kappa shape index (κ3) is 7.12. The Kier molecular flexibility index (Phi) is 10.4. The fraction of sp³-hybridized carbons (Fsp3) is 0.356. The highest BCUT2D eigenvalue weighted by Crippen LogP contribution is 2.41. The molecule has 15 nitrogen and oxygen atoms in total. The summed E-state index contributed by atoms with van der Waals surface area (Å²) < 4.78 is 19.0. The van der Waals surface area contributed by atoms with Crippen molar-refractivity contribution < 1.29 is 33.7 Å². The summed E-state index contributed by atoms with van der Waals surface area (Å²) in [6, 6.07) is 16.5. The fourth-order valence-corrected chi connectivity index (χ4v) is 9.73. The number of anilines is 1. The quantitative estimate of drug-likeness (QED) is 0.130. The van der Waals surface area contributed by atoms with Crippen molar-refractivity contribution in [2.45, 2.75) is 71.6 Å². The van der Waals surface area contributed by atoms with E-state index in [0.717, 1.165) is 46.7 Å². The lowest BCUT2D eigenvalue weighted by atomic mass is 9.86. The molecule has 2 aromatic carbocycles. The van der Waals surface area contributed by atoms with Gasteiger partial charge in [0.05, 0.1) is 46.2 Å². The lowest BCUT2D eigenvalue weighted by Crippen LogP contribution is -2.44. The molecule has 61 heavy (non-hydrogen) atoms. The minimum Gasteiger partial charge on any atom is -0.494 e. The van der Waals surface area contributed by atoms with Crippen LogP contribution in [0.1, 0.15) is 78.4 Å². The van der Waals surface area contributed by atoms with E-state index in [1.807, 2.05) is 50.2 Å². The Bertz CT molecular complexity index is 2830. The number of thiophene rings is 1. The van der Waals surface area contributed by atoms with Crippen molar-refractivity contribution in [3.63, 3.8) is 0 Å². The number of nitrogens with zero attached hydrogens (tertiary/aromatic N) is 5. The Morgan fingerprint density at radius 3 is 2.57 bits per heavy atom. The number of benzene rings is 2. The highest BCUT2D eigenvalue weighted by Gasteiger charge is 2.45. The molecule has 1 fully saturated rings. The van der Waals surface area contributed by atoms with Gasteiger partial charge in [-0.05, 0) is 93.0 Å². The molecular weight excluding hydrogens is 799 g/mol. The van der Waals surface area contributed by atoms with E-state index in [1.165, 1.54) is 11.3 Å². The Morgan fingerprint density at radius 2 is 1.80 bits per heavy atom. The molecular formula is C45H45N7O8S. The number of nitrogens with two attached hydrogens (primary N) is 1. The monoisotopic (exact) mass is 843 g/mol. The predicted molar refractivity (Wildman–Crippen MR) is 230 cm³/mol. The van der Waals surface area contributed by atoms with Crippen LogP contribution in [0.3, 0.4) is 0 Å². The van der Waals surface area contributed by atoms with Crippen molar-refractivity contribution in [3.8, 4) is 34.1 Å². The molecule has 0 unspecified atom stereocenters. The topological polar surface area (TPSA) is 201 Å². The van der Waals surface area contributed by atoms with Crippen LogP contribution in [0.25, 0.3) is 43.8 Å². The van der Waals surface area contributed by atoms with Crippen LogP contribution in [0.2, 0.25) is 0 Å². The first kappa shape index (κ1) is 40.0. The van der Waals surface area contributed by atoms with E-state index in [1.54, 1.807) is 34.6 Å². The number of rotatable bonds is 10. The number of likely N-dealkylation sites (tertiary alicyclic amines) is 1. The standard InChI is InChI=1S/C45H45N7O8S/c1-4-28-29-19-27(10-11-34(29)48-38-31(28)22-52-35(38)21-33-32(41(52)54)23-59-42(55)45(33,57)5-2)60-44(56)51-15-12-24(13-16-51)14-17-58-26-9-7-8-25(18-26)37-30-20-36(39(53)47-6-3)61-40(30)50-43(46)49-37/h7-11,18-21,24,57H,4-6,12-17,22-23H2,1-3H3,(H,47,53)(H2,46,49,50)/t45-/m1/s1. The van der Waals surface area contributed by atoms with Crippen LogP contribution >= 0.6 is 11.3 Å². The number of nitrogens with one attached hydrogen (secondary N) is 1. The van der Waals surface area contributed by atoms with Crippen LogP contribution in [0.15, 0.2) is 59.4 Å². The molecule has 0 bridgehead atoms. The third-order valence-corrected chi connectivity index (χ3v) is 13.1. The lowest BCUT2D eigenvalue weighted by Gasteiger charge is -2.31. The molecule has 4 aromatic heterocycles. The van der Waals surface area contributed by atoms with Gasteiger partial charge in [0.1, 0.15) is 22.9 Å². The number of aromatic nitrogens is 4. The summed E-state index contributed by atoms with van der Waals surface area (Å²) in [5, 5.41) is 15.6. The molecule has 2 amide bonds. The molecule has 7 heterocycles. The Labute approximate surface area is 354 Å². The molecule has 16 heteroatoms. The first-order valence-electron chi connectivity index (χ1n) is 20.7. The summed E-state index contributed by atoms with van der Waals surface area (Å²) in [7, 11) is 0. The van der Waals surface area contributed by atoms with E-state index in [-0.39, 0.29) is 48.1 Å². The number of nitrogen functional groups attached to an aromatic ring is 1. The number of esters is 1. The molecule has 3 aliphatic rings. The molecule has 6 aromatic rings. The van der Waals surface area contributed by atoms with Crippen molar-refractivity contribution in [2.24, 2.45) is 5.92 Å². The van der Waals surface area contributed by atoms with Crippen molar-refractivity contribution >= 4 is 56.4 Å². The zero-order chi connectivity index (χ0) is 42.6. The summed E-state index contributed by atoms with van der Waals surface area (Å²) in [6.45, 7) is 7.84. The second-order valence-electron chi connectivity index (χ2n) is 15.6. The van der Waals surface area contributed by atoms with Crippen LogP contribution in [0.4, 0.5) is 10.7 Å². The van der Waals surface area contributed by atoms with Gasteiger partial charge in [0.2, 0.25) is 5.95 Å². The smallest absolute Gasteiger partial charge is 0.415 e. The summed E-state index contributed by atoms with van der Waals surface area (Å²) >= 11 is 1.28. The van der Waals surface area contributed by atoms with Crippen molar-refractivity contribution in [2.75, 3.05) is 32.0 Å². The second-order valence-corrected chi connectivity index (χ2v) is 16.7. The lowest BCUT2D eigenvalue weighted by molar-refractivity contribution is -0.172. The summed E-state index contributed by atoms with van der Waals surface area (Å²) in [6.07, 6.45) is 2.75. The number of piperidine rings is 1. The van der Waals surface area contributed by atoms with E-state index >= 15 is 0 Å². The average molecular weight is 844 g/mol. The zero-order valence-corrected chi connectivity index (χ0v) is 34.9. The van der Waals surface area contributed by atoms with Crippen molar-refractivity contribution in [1.29, 1.82) is 0 Å². The average Bonchev–Trinajstić information content (AvgIpc) is 3.86. The summed E-state index contributed by atoms with van der Waals surface area (Å²) in [4.78, 5) is 69.0. The zero-order valence-electron chi connectivity index (χ0n) is 34.1. The van der Waals surface area contributed by atoms with Gasteiger partial charge in [-0.25, -0.2) is 24.5 Å². The number of hydrogen-bond acceptors (Lipinski definition) is 13. The molecule has 0 radical (unpaired) electrons. The van der Waals surface area contributed by atoms with Crippen molar-refractivity contribution in [1.82, 2.24) is 29.7 Å². The Hall–Kier alpha value is -6.39. The minimum absolute atomic E-state index is 0.0683. The predicted octanol–water partition coefficient (Wildman–Crippen LogP) is 6.33. The molecule has 1 atom stereocenters. The van der Waals surface area contributed by atoms with Gasteiger partial charge in [0.25, 0.3) is 11.5 Å². The molecule has 0 aliphatic carbocycles. The van der Waals surface area contributed by atoms with E-state index in [2.05, 4.69) is 15.3 Å². The van der Waals surface area contributed by atoms with E-state index in [4.69, 9.17) is 24.9 Å². The minimum atomic E-state index is -1.90. The number of hydrogen-bond donors (Lipinski definition) is 3. The molecule has 3 aliphatic heterocycles. The van der Waals surface area contributed by atoms with E-state index < -0.39 is 17.7 Å². The highest BCUT2D eigenvalue weighted by atomic mass is 32.1. The number of carbonyl (C=O) groups is 3. The van der Waals surface area contributed by atoms with E-state index in [9.17, 15) is 24.3 Å². The number of fused-ring (bicyclic) bond motifs is 6. The summed E-state index contributed by atoms with van der Waals surface area (Å²) in [5.74, 6) is 0.686. The number of cyclic esters (lactones) is 1. The fourth-order valence-electron chi connectivity index (χ4n) is 8.77. The molecule has 0 spiro atoms. The molecule has 9 rings (SSSR count). The number of pyridine rings is 2. The molecule has 314 valence electrons. The molecule has 4 N–H and O–H groups in total. The van der Waals surface area contributed by atoms with Crippen LogP contribution < -0.4 is 26.1 Å². The third-order valence-electron chi connectivity index (χ3n) is 12.1.